The summed E-state index contributed by atoms with van der Waals surface area (Å²) in [6.45, 7) is 16.7. The number of allylic oxidation sites excluding steroid dienone is 2. The van der Waals surface area contributed by atoms with Crippen molar-refractivity contribution in [3.63, 3.8) is 0 Å². The van der Waals surface area contributed by atoms with Crippen LogP contribution < -0.4 is 9.47 Å². The maximum absolute atomic E-state index is 12.6. The Balaban J connectivity index is 1.90. The van der Waals surface area contributed by atoms with Gasteiger partial charge in [-0.15, -0.1) is 0 Å². The minimum atomic E-state index is -1.19. The molecule has 2 rings (SSSR count). The van der Waals surface area contributed by atoms with Crippen molar-refractivity contribution in [2.75, 3.05) is 39.6 Å². The van der Waals surface area contributed by atoms with Crippen LogP contribution in [0.15, 0.2) is 85.0 Å². The monoisotopic (exact) mass is 820 g/mol. The normalized spacial score (nSPS) is 13.4. The quantitative estimate of drug-likeness (QED) is 0.0540. The van der Waals surface area contributed by atoms with E-state index in [1.54, 1.807) is 13.8 Å². The second-order valence-corrected chi connectivity index (χ2v) is 15.1. The van der Waals surface area contributed by atoms with Crippen molar-refractivity contribution in [1.82, 2.24) is 0 Å². The van der Waals surface area contributed by atoms with E-state index < -0.39 is 35.4 Å². The van der Waals surface area contributed by atoms with E-state index >= 15 is 0 Å². The molecular formula is C46H60O13. The minimum absolute atomic E-state index is 0.00159. The molecule has 0 N–H and O–H groups in total. The lowest BCUT2D eigenvalue weighted by atomic mass is 9.78. The molecule has 0 fully saturated rings. The average Bonchev–Trinajstić information content (AvgIpc) is 3.21. The van der Waals surface area contributed by atoms with E-state index in [1.807, 2.05) is 43.3 Å². The third kappa shape index (κ3) is 19.2. The third-order valence-electron chi connectivity index (χ3n) is 9.38. The van der Waals surface area contributed by atoms with E-state index in [4.69, 9.17) is 33.2 Å². The summed E-state index contributed by atoms with van der Waals surface area (Å²) in [4.78, 5) is 71.6. The molecule has 0 aromatic heterocycles. The Morgan fingerprint density at radius 3 is 1.34 bits per heavy atom. The van der Waals surface area contributed by atoms with Crippen molar-refractivity contribution in [3.05, 3.63) is 96.1 Å². The Labute approximate surface area is 348 Å². The molecule has 0 saturated carbocycles. The van der Waals surface area contributed by atoms with Crippen molar-refractivity contribution in [2.24, 2.45) is 11.3 Å². The number of carbonyl (C=O) groups excluding carboxylic acids is 6. The van der Waals surface area contributed by atoms with Crippen LogP contribution in [-0.2, 0) is 57.9 Å². The van der Waals surface area contributed by atoms with Gasteiger partial charge < -0.3 is 33.2 Å². The first-order chi connectivity index (χ1) is 27.9. The summed E-state index contributed by atoms with van der Waals surface area (Å²) in [5.41, 5.74) is 0.693. The molecule has 3 unspecified atom stereocenters. The molecule has 3 atom stereocenters. The molecule has 0 amide bonds. The van der Waals surface area contributed by atoms with Gasteiger partial charge in [-0.1, -0.05) is 65.3 Å². The molecule has 322 valence electrons. The molecule has 0 saturated heterocycles. The predicted molar refractivity (Wildman–Crippen MR) is 221 cm³/mol. The molecule has 0 spiro atoms. The Kier molecular flexibility index (Phi) is 21.0. The number of hydrogen-bond acceptors (Lipinski definition) is 13. The van der Waals surface area contributed by atoms with E-state index in [-0.39, 0.29) is 55.9 Å². The van der Waals surface area contributed by atoms with Crippen molar-refractivity contribution in [2.45, 2.75) is 92.8 Å². The van der Waals surface area contributed by atoms with Crippen LogP contribution in [0.4, 0.5) is 0 Å². The number of ketones is 2. The van der Waals surface area contributed by atoms with Gasteiger partial charge in [0.15, 0.2) is 11.6 Å². The fraction of sp³-hybridized carbons (Fsp3) is 0.478. The smallest absolute Gasteiger partial charge is 0.331 e. The molecule has 13 heteroatoms. The lowest BCUT2D eigenvalue weighted by Crippen LogP contribution is -2.38. The number of benzene rings is 2. The van der Waals surface area contributed by atoms with Gasteiger partial charge in [-0.3, -0.25) is 9.59 Å². The van der Waals surface area contributed by atoms with Crippen LogP contribution in [0.3, 0.4) is 0 Å². The molecule has 59 heavy (non-hydrogen) atoms. The lowest BCUT2D eigenvalue weighted by molar-refractivity contribution is -0.156. The largest absolute Gasteiger partial charge is 0.491 e. The molecule has 13 nitrogen and oxygen atoms in total. The summed E-state index contributed by atoms with van der Waals surface area (Å²) in [6, 6.07) is 15.7. The van der Waals surface area contributed by atoms with Crippen molar-refractivity contribution in [3.8, 4) is 11.5 Å². The predicted octanol–water partition coefficient (Wildman–Crippen LogP) is 7.03. The summed E-state index contributed by atoms with van der Waals surface area (Å²) in [5, 5.41) is 0. The fourth-order valence-electron chi connectivity index (χ4n) is 5.05. The van der Waals surface area contributed by atoms with E-state index in [0.29, 0.717) is 18.3 Å². The Morgan fingerprint density at radius 2 is 0.949 bits per heavy atom. The van der Waals surface area contributed by atoms with Crippen molar-refractivity contribution >= 4 is 35.4 Å². The van der Waals surface area contributed by atoms with Gasteiger partial charge in [0, 0.05) is 36.3 Å². The highest BCUT2D eigenvalue weighted by Gasteiger charge is 2.34. The number of ether oxygens (including phenoxy) is 7. The van der Waals surface area contributed by atoms with Crippen LogP contribution in [0, 0.1) is 11.3 Å². The van der Waals surface area contributed by atoms with E-state index in [1.165, 1.54) is 13.8 Å². The second kappa shape index (κ2) is 25.0. The van der Waals surface area contributed by atoms with Crippen LogP contribution in [0.2, 0.25) is 0 Å². The molecule has 0 aliphatic carbocycles. The zero-order valence-corrected chi connectivity index (χ0v) is 35.8. The van der Waals surface area contributed by atoms with Gasteiger partial charge in [-0.05, 0) is 87.6 Å². The summed E-state index contributed by atoms with van der Waals surface area (Å²) in [7, 11) is 0. The van der Waals surface area contributed by atoms with Crippen LogP contribution in [0.5, 0.6) is 11.5 Å². The van der Waals surface area contributed by atoms with Crippen LogP contribution in [-0.4, -0.2) is 87.3 Å². The number of rotatable bonds is 26. The molecular weight excluding hydrogens is 760 g/mol. The third-order valence-corrected chi connectivity index (χ3v) is 9.38. The van der Waals surface area contributed by atoms with Gasteiger partial charge in [0.2, 0.25) is 0 Å². The maximum Gasteiger partial charge on any atom is 0.331 e. The number of hydrogen-bond donors (Lipinski definition) is 0. The van der Waals surface area contributed by atoms with Gasteiger partial charge in [0.1, 0.15) is 50.6 Å². The maximum atomic E-state index is 12.6. The first kappa shape index (κ1) is 49.6. The first-order valence-corrected chi connectivity index (χ1v) is 19.7. The topological polar surface area (TPSA) is 167 Å². The lowest BCUT2D eigenvalue weighted by Gasteiger charge is -2.30. The SMILES string of the molecule is CCC(C)COC(C)COc1ccc(C(C)(C)c2ccc(OCC(C)OC(=O)/C=C/C(=O)OCC(CC)(COC(=O)/C=C/C(C)=O)COC(=O)/C=C/C(C)=O)cc2)cc1. The van der Waals surface area contributed by atoms with Crippen LogP contribution in [0.25, 0.3) is 0 Å². The summed E-state index contributed by atoms with van der Waals surface area (Å²) in [5.74, 6) is -2.23. The molecule has 0 aliphatic heterocycles. The zero-order valence-electron chi connectivity index (χ0n) is 35.8. The van der Waals surface area contributed by atoms with Gasteiger partial charge in [-0.25, -0.2) is 19.2 Å². The van der Waals surface area contributed by atoms with Crippen LogP contribution >= 0.6 is 0 Å². The molecule has 0 radical (unpaired) electrons. The standard InChI is InChI=1S/C46H60O13/c1-10-32(3)26-53-35(6)27-54-39-18-14-37(15-19-39)45(8,9)38-16-20-40(21-17-38)55-28-36(7)59-44(52)25-24-43(51)58-31-46(11-2,29-56-41(49)22-12-33(4)47)30-57-42(50)23-13-34(5)48/h12-25,32,35-36H,10-11,26-31H2,1-9H3/b22-12+,23-13+,25-24+. The molecule has 2 aromatic carbocycles. The summed E-state index contributed by atoms with van der Waals surface area (Å²) in [6.07, 6.45) is 6.37. The van der Waals surface area contributed by atoms with E-state index in [2.05, 4.69) is 39.8 Å². The van der Waals surface area contributed by atoms with E-state index in [0.717, 1.165) is 66.4 Å². The molecule has 2 aromatic rings. The van der Waals surface area contributed by atoms with Gasteiger partial charge in [-0.2, -0.15) is 0 Å². The first-order valence-electron chi connectivity index (χ1n) is 19.7. The van der Waals surface area contributed by atoms with Gasteiger partial charge >= 0.3 is 23.9 Å². The van der Waals surface area contributed by atoms with Crippen molar-refractivity contribution < 1.29 is 61.9 Å². The summed E-state index contributed by atoms with van der Waals surface area (Å²) < 4.78 is 38.8. The number of esters is 4. The Morgan fingerprint density at radius 1 is 0.559 bits per heavy atom. The fourth-order valence-corrected chi connectivity index (χ4v) is 5.05. The summed E-state index contributed by atoms with van der Waals surface area (Å²) >= 11 is 0. The van der Waals surface area contributed by atoms with E-state index in [9.17, 15) is 28.8 Å². The number of carbonyl (C=O) groups is 6. The highest BCUT2D eigenvalue weighted by molar-refractivity contribution is 5.95. The molecule has 0 bridgehead atoms. The average molecular weight is 821 g/mol. The molecule has 0 aliphatic rings. The van der Waals surface area contributed by atoms with Gasteiger partial charge in [0.25, 0.3) is 0 Å². The minimum Gasteiger partial charge on any atom is -0.491 e. The van der Waals surface area contributed by atoms with Crippen LogP contribution in [0.1, 0.15) is 86.3 Å². The van der Waals surface area contributed by atoms with Gasteiger partial charge in [0.05, 0.1) is 11.5 Å². The highest BCUT2D eigenvalue weighted by Crippen LogP contribution is 2.33. The molecule has 0 heterocycles. The second-order valence-electron chi connectivity index (χ2n) is 15.1. The Bertz CT molecular complexity index is 1730. The zero-order chi connectivity index (χ0) is 44.0. The highest BCUT2D eigenvalue weighted by atomic mass is 16.6. The Hall–Kier alpha value is -5.56. The van der Waals surface area contributed by atoms with Crippen molar-refractivity contribution in [1.29, 1.82) is 0 Å².